The lowest BCUT2D eigenvalue weighted by molar-refractivity contribution is 0.317. The van der Waals surface area contributed by atoms with E-state index < -0.39 is 21.4 Å². The van der Waals surface area contributed by atoms with Crippen LogP contribution < -0.4 is 4.72 Å². The minimum absolute atomic E-state index is 0.285. The van der Waals surface area contributed by atoms with Gasteiger partial charge in [-0.15, -0.1) is 0 Å². The summed E-state index contributed by atoms with van der Waals surface area (Å²) >= 11 is 0. The summed E-state index contributed by atoms with van der Waals surface area (Å²) in [6, 6.07) is 4.79. The minimum Gasteiger partial charge on any atom is -0.208 e. The van der Waals surface area contributed by atoms with Gasteiger partial charge in [0.2, 0.25) is 10.0 Å². The Balaban J connectivity index is 3.24. The first-order valence-electron chi connectivity index (χ1n) is 5.80. The number of nitrogens with one attached hydrogen (secondary N) is 1. The van der Waals surface area contributed by atoms with E-state index in [9.17, 15) is 12.8 Å². The van der Waals surface area contributed by atoms with Crippen LogP contribution in [0, 0.1) is 22.6 Å². The van der Waals surface area contributed by atoms with Gasteiger partial charge in [0.05, 0.1) is 0 Å². The fraction of sp³-hybridized carbons (Fsp3) is 0.462. The van der Waals surface area contributed by atoms with Gasteiger partial charge >= 0.3 is 0 Å². The van der Waals surface area contributed by atoms with Crippen molar-refractivity contribution in [3.8, 4) is 6.07 Å². The first-order chi connectivity index (χ1) is 8.59. The van der Waals surface area contributed by atoms with E-state index in [0.717, 1.165) is 6.07 Å². The molecule has 1 unspecified atom stereocenters. The van der Waals surface area contributed by atoms with Crippen LogP contribution in [0.5, 0.6) is 0 Å². The summed E-state index contributed by atoms with van der Waals surface area (Å²) in [5.74, 6) is -0.839. The zero-order valence-electron chi connectivity index (χ0n) is 11.4. The molecule has 0 bridgehead atoms. The van der Waals surface area contributed by atoms with Gasteiger partial charge < -0.3 is 0 Å². The topological polar surface area (TPSA) is 70.0 Å². The number of nitriles is 1. The summed E-state index contributed by atoms with van der Waals surface area (Å²) < 4.78 is 40.3. The molecule has 1 aromatic carbocycles. The van der Waals surface area contributed by atoms with E-state index in [2.05, 4.69) is 4.72 Å². The number of benzene rings is 1. The number of halogens is 1. The van der Waals surface area contributed by atoms with Crippen molar-refractivity contribution < 1.29 is 12.8 Å². The Morgan fingerprint density at radius 1 is 1.37 bits per heavy atom. The van der Waals surface area contributed by atoms with Crippen LogP contribution in [0.1, 0.15) is 33.3 Å². The summed E-state index contributed by atoms with van der Waals surface area (Å²) in [5.41, 5.74) is -0.746. The lowest BCUT2D eigenvalue weighted by Crippen LogP contribution is -2.41. The third-order valence-corrected chi connectivity index (χ3v) is 4.59. The Morgan fingerprint density at radius 3 is 2.42 bits per heavy atom. The first-order valence-corrected chi connectivity index (χ1v) is 7.29. The van der Waals surface area contributed by atoms with Gasteiger partial charge in [-0.05, 0) is 24.5 Å². The second-order valence-corrected chi connectivity index (χ2v) is 7.12. The second-order valence-electron chi connectivity index (χ2n) is 5.43. The van der Waals surface area contributed by atoms with Gasteiger partial charge in [0.15, 0.2) is 0 Å². The van der Waals surface area contributed by atoms with Gasteiger partial charge in [-0.25, -0.2) is 17.5 Å². The van der Waals surface area contributed by atoms with Crippen LogP contribution >= 0.6 is 0 Å². The van der Waals surface area contributed by atoms with Gasteiger partial charge in [0, 0.05) is 6.04 Å². The zero-order valence-corrected chi connectivity index (χ0v) is 12.2. The average Bonchev–Trinajstić information content (AvgIpc) is 2.26. The van der Waals surface area contributed by atoms with Crippen molar-refractivity contribution in [2.75, 3.05) is 0 Å². The molecule has 1 atom stereocenters. The predicted molar refractivity (Wildman–Crippen MR) is 70.4 cm³/mol. The molecule has 0 spiro atoms. The zero-order chi connectivity index (χ0) is 14.8. The first kappa shape index (κ1) is 15.6. The van der Waals surface area contributed by atoms with Crippen LogP contribution in [-0.2, 0) is 10.0 Å². The fourth-order valence-corrected chi connectivity index (χ4v) is 2.93. The van der Waals surface area contributed by atoms with Gasteiger partial charge in [-0.3, -0.25) is 0 Å². The van der Waals surface area contributed by atoms with Gasteiger partial charge in [-0.1, -0.05) is 26.8 Å². The van der Waals surface area contributed by atoms with Crippen molar-refractivity contribution in [2.24, 2.45) is 5.41 Å². The van der Waals surface area contributed by atoms with Crippen LogP contribution in [0.3, 0.4) is 0 Å². The molecule has 0 saturated heterocycles. The molecule has 0 fully saturated rings. The Morgan fingerprint density at radius 2 is 1.95 bits per heavy atom. The lowest BCUT2D eigenvalue weighted by atomic mass is 9.89. The van der Waals surface area contributed by atoms with E-state index >= 15 is 0 Å². The SMILES string of the molecule is CC(NS(=O)(=O)c1cccc(F)c1C#N)C(C)(C)C. The normalized spacial score (nSPS) is 13.9. The molecule has 0 aliphatic rings. The van der Waals surface area contributed by atoms with Crippen LogP contribution in [0.2, 0.25) is 0 Å². The van der Waals surface area contributed by atoms with E-state index in [1.165, 1.54) is 12.1 Å². The molecule has 104 valence electrons. The smallest absolute Gasteiger partial charge is 0.208 e. The minimum atomic E-state index is -3.92. The maximum atomic E-state index is 13.4. The molecule has 0 aliphatic heterocycles. The Labute approximate surface area is 113 Å². The molecule has 0 aromatic heterocycles. The highest BCUT2D eigenvalue weighted by Gasteiger charge is 2.28. The van der Waals surface area contributed by atoms with Crippen molar-refractivity contribution >= 4 is 10.0 Å². The van der Waals surface area contributed by atoms with Crippen molar-refractivity contribution in [3.63, 3.8) is 0 Å². The maximum absolute atomic E-state index is 13.4. The van der Waals surface area contributed by atoms with Crippen LogP contribution in [0.15, 0.2) is 23.1 Å². The summed E-state index contributed by atoms with van der Waals surface area (Å²) in [6.45, 7) is 7.38. The molecule has 1 N–H and O–H groups in total. The highest BCUT2D eigenvalue weighted by atomic mass is 32.2. The van der Waals surface area contributed by atoms with Crippen LogP contribution in [0.25, 0.3) is 0 Å². The molecule has 0 amide bonds. The van der Waals surface area contributed by atoms with E-state index in [-0.39, 0.29) is 16.4 Å². The summed E-state index contributed by atoms with van der Waals surface area (Å²) in [6.07, 6.45) is 0. The third kappa shape index (κ3) is 3.52. The van der Waals surface area contributed by atoms with E-state index in [1.807, 2.05) is 20.8 Å². The molecule has 0 saturated carbocycles. The van der Waals surface area contributed by atoms with E-state index in [1.54, 1.807) is 13.0 Å². The number of hydrogen-bond acceptors (Lipinski definition) is 3. The molecule has 0 radical (unpaired) electrons. The highest BCUT2D eigenvalue weighted by Crippen LogP contribution is 2.23. The molecule has 1 rings (SSSR count). The quantitative estimate of drug-likeness (QED) is 0.926. The number of rotatable bonds is 3. The van der Waals surface area contributed by atoms with Gasteiger partial charge in [0.1, 0.15) is 22.3 Å². The number of sulfonamides is 1. The maximum Gasteiger partial charge on any atom is 0.242 e. The predicted octanol–water partition coefficient (Wildman–Crippen LogP) is 2.41. The number of hydrogen-bond donors (Lipinski definition) is 1. The Bertz CT molecular complexity index is 613. The molecular formula is C13H17FN2O2S. The van der Waals surface area contributed by atoms with E-state index in [0.29, 0.717) is 0 Å². The summed E-state index contributed by atoms with van der Waals surface area (Å²) in [5, 5.41) is 8.87. The monoisotopic (exact) mass is 284 g/mol. The van der Waals surface area contributed by atoms with Gasteiger partial charge in [-0.2, -0.15) is 5.26 Å². The third-order valence-electron chi connectivity index (χ3n) is 3.01. The summed E-state index contributed by atoms with van der Waals surface area (Å²) in [7, 11) is -3.92. The number of nitrogens with zero attached hydrogens (tertiary/aromatic N) is 1. The van der Waals surface area contributed by atoms with Crippen molar-refractivity contribution in [3.05, 3.63) is 29.6 Å². The van der Waals surface area contributed by atoms with E-state index in [4.69, 9.17) is 5.26 Å². The van der Waals surface area contributed by atoms with Gasteiger partial charge in [0.25, 0.3) is 0 Å². The van der Waals surface area contributed by atoms with Crippen molar-refractivity contribution in [1.82, 2.24) is 4.72 Å². The molecule has 0 aliphatic carbocycles. The standard InChI is InChI=1S/C13H17FN2O2S/c1-9(13(2,3)4)16-19(17,18)12-7-5-6-11(14)10(12)8-15/h5-7,9,16H,1-4H3. The highest BCUT2D eigenvalue weighted by molar-refractivity contribution is 7.89. The average molecular weight is 284 g/mol. The molecular weight excluding hydrogens is 267 g/mol. The van der Waals surface area contributed by atoms with Crippen LogP contribution in [-0.4, -0.2) is 14.5 Å². The molecule has 6 heteroatoms. The molecule has 1 aromatic rings. The Kier molecular flexibility index (Phi) is 4.33. The van der Waals surface area contributed by atoms with Crippen molar-refractivity contribution in [2.45, 2.75) is 38.6 Å². The van der Waals surface area contributed by atoms with Crippen LogP contribution in [0.4, 0.5) is 4.39 Å². The van der Waals surface area contributed by atoms with Crippen molar-refractivity contribution in [1.29, 1.82) is 5.26 Å². The lowest BCUT2D eigenvalue weighted by Gasteiger charge is -2.27. The second kappa shape index (κ2) is 5.27. The molecule has 19 heavy (non-hydrogen) atoms. The summed E-state index contributed by atoms with van der Waals surface area (Å²) in [4.78, 5) is -0.328. The molecule has 4 nitrogen and oxygen atoms in total. The fourth-order valence-electron chi connectivity index (χ4n) is 1.31. The largest absolute Gasteiger partial charge is 0.242 e. The Hall–Kier alpha value is -1.45. The molecule has 0 heterocycles.